The second kappa shape index (κ2) is 8.75. The fourth-order valence-electron chi connectivity index (χ4n) is 2.13. The van der Waals surface area contributed by atoms with Crippen molar-refractivity contribution in [1.82, 2.24) is 4.90 Å². The van der Waals surface area contributed by atoms with E-state index < -0.39 is 29.1 Å². The summed E-state index contributed by atoms with van der Waals surface area (Å²) in [6.45, 7) is -0.352. The van der Waals surface area contributed by atoms with Crippen LogP contribution in [-0.2, 0) is 9.59 Å². The van der Waals surface area contributed by atoms with Gasteiger partial charge in [0.25, 0.3) is 0 Å². The van der Waals surface area contributed by atoms with Crippen LogP contribution in [0, 0.1) is 11.6 Å². The largest absolute Gasteiger partial charge is 0.497 e. The number of nitrogens with zero attached hydrogens (tertiary/aromatic N) is 1. The molecule has 0 bridgehead atoms. The van der Waals surface area contributed by atoms with E-state index >= 15 is 0 Å². The molecule has 0 aliphatic heterocycles. The highest BCUT2D eigenvalue weighted by Crippen LogP contribution is 2.18. The molecule has 1 N–H and O–H groups in total. The van der Waals surface area contributed by atoms with Gasteiger partial charge in [0.15, 0.2) is 0 Å². The van der Waals surface area contributed by atoms with Crippen LogP contribution in [0.3, 0.4) is 0 Å². The highest BCUT2D eigenvalue weighted by molar-refractivity contribution is 5.98. The lowest BCUT2D eigenvalue weighted by Gasteiger charge is -2.15. The van der Waals surface area contributed by atoms with Crippen LogP contribution < -0.4 is 10.1 Å². The highest BCUT2D eigenvalue weighted by Gasteiger charge is 2.15. The second-order valence-corrected chi connectivity index (χ2v) is 5.45. The number of carbonyl (C=O) groups is 2. The van der Waals surface area contributed by atoms with Crippen molar-refractivity contribution in [2.75, 3.05) is 26.0 Å². The maximum absolute atomic E-state index is 13.5. The van der Waals surface area contributed by atoms with Gasteiger partial charge in [-0.3, -0.25) is 9.59 Å². The van der Waals surface area contributed by atoms with Gasteiger partial charge in [0, 0.05) is 13.1 Å². The Morgan fingerprint density at radius 3 is 2.46 bits per heavy atom. The SMILES string of the molecule is COc1cccc(/C=C/C(=O)N(C)CC(=O)Nc2c(F)cccc2F)c1. The first-order chi connectivity index (χ1) is 12.4. The number of amides is 2. The lowest BCUT2D eigenvalue weighted by molar-refractivity contribution is -0.129. The van der Waals surface area contributed by atoms with E-state index in [1.807, 2.05) is 0 Å². The minimum absolute atomic E-state index is 0.352. The number of methoxy groups -OCH3 is 1. The van der Waals surface area contributed by atoms with Crippen LogP contribution in [-0.4, -0.2) is 37.4 Å². The van der Waals surface area contributed by atoms with Crippen LogP contribution in [0.25, 0.3) is 6.08 Å². The molecule has 0 saturated carbocycles. The van der Waals surface area contributed by atoms with Crippen molar-refractivity contribution in [2.45, 2.75) is 0 Å². The summed E-state index contributed by atoms with van der Waals surface area (Å²) in [6, 6.07) is 10.4. The lowest BCUT2D eigenvalue weighted by Crippen LogP contribution is -2.34. The Hall–Kier alpha value is -3.22. The van der Waals surface area contributed by atoms with Crippen molar-refractivity contribution < 1.29 is 23.1 Å². The van der Waals surface area contributed by atoms with E-state index in [-0.39, 0.29) is 6.54 Å². The van der Waals surface area contributed by atoms with Crippen molar-refractivity contribution >= 4 is 23.6 Å². The van der Waals surface area contributed by atoms with Gasteiger partial charge in [0.1, 0.15) is 23.1 Å². The van der Waals surface area contributed by atoms with E-state index in [4.69, 9.17) is 4.74 Å². The zero-order chi connectivity index (χ0) is 19.1. The molecule has 0 atom stereocenters. The van der Waals surface area contributed by atoms with Crippen molar-refractivity contribution in [2.24, 2.45) is 0 Å². The molecule has 0 fully saturated rings. The van der Waals surface area contributed by atoms with Crippen molar-refractivity contribution in [3.05, 3.63) is 65.7 Å². The van der Waals surface area contributed by atoms with Gasteiger partial charge in [-0.2, -0.15) is 0 Å². The molecule has 0 aliphatic rings. The molecule has 0 aliphatic carbocycles. The number of ether oxygens (including phenoxy) is 1. The summed E-state index contributed by atoms with van der Waals surface area (Å²) in [5, 5.41) is 2.13. The normalized spacial score (nSPS) is 10.6. The molecule has 0 radical (unpaired) electrons. The van der Waals surface area contributed by atoms with Crippen LogP contribution in [0.4, 0.5) is 14.5 Å². The predicted molar refractivity (Wildman–Crippen MR) is 94.7 cm³/mol. The number of benzene rings is 2. The summed E-state index contributed by atoms with van der Waals surface area (Å²) in [5.74, 6) is -2.26. The molecule has 7 heteroatoms. The molecule has 0 unspecified atom stereocenters. The monoisotopic (exact) mass is 360 g/mol. The first kappa shape index (κ1) is 19.1. The summed E-state index contributed by atoms with van der Waals surface area (Å²) in [5.41, 5.74) is 0.217. The van der Waals surface area contributed by atoms with Gasteiger partial charge in [-0.05, 0) is 35.9 Å². The average Bonchev–Trinajstić information content (AvgIpc) is 2.63. The predicted octanol–water partition coefficient (Wildman–Crippen LogP) is 3.08. The molecule has 0 saturated heterocycles. The Balaban J connectivity index is 1.95. The van der Waals surface area contributed by atoms with Crippen LogP contribution in [0.2, 0.25) is 0 Å². The van der Waals surface area contributed by atoms with Crippen LogP contribution in [0.1, 0.15) is 5.56 Å². The summed E-state index contributed by atoms with van der Waals surface area (Å²) < 4.78 is 32.1. The molecule has 2 rings (SSSR count). The van der Waals surface area contributed by atoms with Crippen molar-refractivity contribution in [3.8, 4) is 5.75 Å². The number of anilines is 1. The maximum Gasteiger partial charge on any atom is 0.246 e. The molecule has 2 amide bonds. The summed E-state index contributed by atoms with van der Waals surface area (Å²) in [4.78, 5) is 25.1. The molecule has 136 valence electrons. The van der Waals surface area contributed by atoms with E-state index in [1.165, 1.54) is 19.2 Å². The average molecular weight is 360 g/mol. The fraction of sp³-hybridized carbons (Fsp3) is 0.158. The molecule has 0 heterocycles. The quantitative estimate of drug-likeness (QED) is 0.806. The number of hydrogen-bond acceptors (Lipinski definition) is 3. The number of nitrogens with one attached hydrogen (secondary N) is 1. The van der Waals surface area contributed by atoms with Crippen LogP contribution in [0.5, 0.6) is 5.75 Å². The van der Waals surface area contributed by atoms with E-state index in [2.05, 4.69) is 5.32 Å². The topological polar surface area (TPSA) is 58.6 Å². The molecule has 5 nitrogen and oxygen atoms in total. The fourth-order valence-corrected chi connectivity index (χ4v) is 2.13. The third kappa shape index (κ3) is 5.14. The zero-order valence-electron chi connectivity index (χ0n) is 14.3. The first-order valence-electron chi connectivity index (χ1n) is 7.72. The minimum atomic E-state index is -0.884. The van der Waals surface area contributed by atoms with E-state index in [9.17, 15) is 18.4 Å². The van der Waals surface area contributed by atoms with Crippen molar-refractivity contribution in [3.63, 3.8) is 0 Å². The molecule has 0 spiro atoms. The van der Waals surface area contributed by atoms with Gasteiger partial charge in [0.05, 0.1) is 13.7 Å². The summed E-state index contributed by atoms with van der Waals surface area (Å²) in [6.07, 6.45) is 2.88. The standard InChI is InChI=1S/C19H18F2N2O3/c1-23(12-17(24)22-19-15(20)7-4-8-16(19)21)18(25)10-9-13-5-3-6-14(11-13)26-2/h3-11H,12H2,1-2H3,(H,22,24)/b10-9+. The Morgan fingerprint density at radius 2 is 1.81 bits per heavy atom. The number of rotatable bonds is 6. The van der Waals surface area contributed by atoms with E-state index in [1.54, 1.807) is 37.5 Å². The van der Waals surface area contributed by atoms with Crippen LogP contribution in [0.15, 0.2) is 48.5 Å². The van der Waals surface area contributed by atoms with E-state index in [0.717, 1.165) is 22.6 Å². The Labute approximate surface area is 149 Å². The lowest BCUT2D eigenvalue weighted by atomic mass is 10.2. The molecular weight excluding hydrogens is 342 g/mol. The molecule has 26 heavy (non-hydrogen) atoms. The number of hydrogen-bond donors (Lipinski definition) is 1. The number of para-hydroxylation sites is 1. The van der Waals surface area contributed by atoms with E-state index in [0.29, 0.717) is 5.75 Å². The maximum atomic E-state index is 13.5. The second-order valence-electron chi connectivity index (χ2n) is 5.45. The van der Waals surface area contributed by atoms with Gasteiger partial charge in [-0.25, -0.2) is 8.78 Å². The summed E-state index contributed by atoms with van der Waals surface area (Å²) in [7, 11) is 2.95. The Bertz CT molecular complexity index is 817. The van der Waals surface area contributed by atoms with Crippen molar-refractivity contribution in [1.29, 1.82) is 0 Å². The molecule has 2 aromatic carbocycles. The molecule has 0 aromatic heterocycles. The molecular formula is C19H18F2N2O3. The summed E-state index contributed by atoms with van der Waals surface area (Å²) >= 11 is 0. The van der Waals surface area contributed by atoms with Gasteiger partial charge >= 0.3 is 0 Å². The van der Waals surface area contributed by atoms with Gasteiger partial charge in [-0.1, -0.05) is 18.2 Å². The van der Waals surface area contributed by atoms with Gasteiger partial charge in [0.2, 0.25) is 11.8 Å². The number of carbonyl (C=O) groups excluding carboxylic acids is 2. The third-order valence-corrected chi connectivity index (χ3v) is 3.50. The number of likely N-dealkylation sites (N-methyl/N-ethyl adjacent to an activating group) is 1. The minimum Gasteiger partial charge on any atom is -0.497 e. The third-order valence-electron chi connectivity index (χ3n) is 3.50. The zero-order valence-corrected chi connectivity index (χ0v) is 14.3. The van der Waals surface area contributed by atoms with Gasteiger partial charge in [-0.15, -0.1) is 0 Å². The smallest absolute Gasteiger partial charge is 0.246 e. The Kier molecular flexibility index (Phi) is 6.43. The first-order valence-corrected chi connectivity index (χ1v) is 7.72. The highest BCUT2D eigenvalue weighted by atomic mass is 19.1. The molecule has 2 aromatic rings. The van der Waals surface area contributed by atoms with Gasteiger partial charge < -0.3 is 15.0 Å². The Morgan fingerprint density at radius 1 is 1.15 bits per heavy atom. The number of halogens is 2. The van der Waals surface area contributed by atoms with Crippen LogP contribution >= 0.6 is 0 Å².